The predicted octanol–water partition coefficient (Wildman–Crippen LogP) is 4.77. The van der Waals surface area contributed by atoms with Gasteiger partial charge in [-0.3, -0.25) is 0 Å². The van der Waals surface area contributed by atoms with Crippen LogP contribution in [0.3, 0.4) is 0 Å². The monoisotopic (exact) mass is 302 g/mol. The number of hydrogen-bond donors (Lipinski definition) is 0. The molecule has 0 aliphatic rings. The molecule has 2 nitrogen and oxygen atoms in total. The highest BCUT2D eigenvalue weighted by atomic mass is 32.2. The molecular weight excluding hydrogens is 280 g/mol. The van der Waals surface area contributed by atoms with Gasteiger partial charge in [-0.05, 0) is 41.2 Å². The van der Waals surface area contributed by atoms with Crippen LogP contribution in [0.15, 0.2) is 58.3 Å². The minimum atomic E-state index is -3.47. The Hall–Kier alpha value is -1.61. The number of benzene rings is 2. The van der Waals surface area contributed by atoms with E-state index in [-0.39, 0.29) is 5.92 Å². The molecule has 2 aromatic carbocycles. The zero-order valence-electron chi connectivity index (χ0n) is 13.0. The highest BCUT2D eigenvalue weighted by Crippen LogP contribution is 2.34. The van der Waals surface area contributed by atoms with Crippen molar-refractivity contribution >= 4 is 9.84 Å². The first-order chi connectivity index (χ1) is 9.85. The van der Waals surface area contributed by atoms with E-state index in [1.165, 1.54) is 0 Å². The second-order valence-corrected chi connectivity index (χ2v) is 7.80. The fourth-order valence-corrected chi connectivity index (χ4v) is 4.31. The molecule has 0 saturated heterocycles. The average molecular weight is 302 g/mol. The van der Waals surface area contributed by atoms with Crippen LogP contribution >= 0.6 is 0 Å². The van der Waals surface area contributed by atoms with Gasteiger partial charge >= 0.3 is 0 Å². The molecule has 0 unspecified atom stereocenters. The molecule has 0 aliphatic heterocycles. The summed E-state index contributed by atoms with van der Waals surface area (Å²) >= 11 is 0. The molecule has 2 rings (SSSR count). The molecule has 112 valence electrons. The Morgan fingerprint density at radius 1 is 0.762 bits per heavy atom. The summed E-state index contributed by atoms with van der Waals surface area (Å²) in [6.07, 6.45) is 0. The first-order valence-corrected chi connectivity index (χ1v) is 8.77. The van der Waals surface area contributed by atoms with Crippen LogP contribution < -0.4 is 0 Å². The topological polar surface area (TPSA) is 34.1 Å². The van der Waals surface area contributed by atoms with E-state index < -0.39 is 9.84 Å². The maximum absolute atomic E-state index is 12.9. The Labute approximate surface area is 127 Å². The maximum atomic E-state index is 12.9. The smallest absolute Gasteiger partial charge is 0.206 e. The van der Waals surface area contributed by atoms with E-state index in [0.29, 0.717) is 15.7 Å². The molecule has 0 aromatic heterocycles. The van der Waals surface area contributed by atoms with E-state index in [9.17, 15) is 8.42 Å². The van der Waals surface area contributed by atoms with Crippen molar-refractivity contribution in [2.75, 3.05) is 0 Å². The van der Waals surface area contributed by atoms with Crippen LogP contribution in [0.5, 0.6) is 0 Å². The Bertz CT molecular complexity index is 714. The fraction of sp³-hybridized carbons (Fsp3) is 0.333. The van der Waals surface area contributed by atoms with Crippen molar-refractivity contribution < 1.29 is 8.42 Å². The summed E-state index contributed by atoms with van der Waals surface area (Å²) in [5.41, 5.74) is 2.05. The van der Waals surface area contributed by atoms with Crippen molar-refractivity contribution in [2.24, 2.45) is 0 Å². The Morgan fingerprint density at radius 3 is 1.90 bits per heavy atom. The summed E-state index contributed by atoms with van der Waals surface area (Å²) < 4.78 is 25.9. The molecule has 0 saturated carbocycles. The van der Waals surface area contributed by atoms with E-state index in [1.807, 2.05) is 32.0 Å². The van der Waals surface area contributed by atoms with Crippen molar-refractivity contribution in [3.8, 4) is 0 Å². The molecular formula is C18H22O2S. The minimum absolute atomic E-state index is 0.164. The van der Waals surface area contributed by atoms with Crippen LogP contribution in [0.4, 0.5) is 0 Å². The van der Waals surface area contributed by atoms with Gasteiger partial charge < -0.3 is 0 Å². The quantitative estimate of drug-likeness (QED) is 0.815. The highest BCUT2D eigenvalue weighted by molar-refractivity contribution is 7.91. The number of hydrogen-bond acceptors (Lipinski definition) is 2. The lowest BCUT2D eigenvalue weighted by molar-refractivity contribution is 0.593. The Morgan fingerprint density at radius 2 is 1.38 bits per heavy atom. The average Bonchev–Trinajstić information content (AvgIpc) is 2.47. The second-order valence-electron chi connectivity index (χ2n) is 5.88. The summed E-state index contributed by atoms with van der Waals surface area (Å²) in [7, 11) is -3.47. The van der Waals surface area contributed by atoms with Gasteiger partial charge in [0.15, 0.2) is 0 Å². The van der Waals surface area contributed by atoms with Gasteiger partial charge in [0.2, 0.25) is 9.84 Å². The number of rotatable bonds is 4. The standard InChI is InChI=1S/C18H22O2S/c1-13(2)16-11-8-12-17(18(16)14(3)4)21(19,20)15-9-6-5-7-10-15/h5-14H,1-4H3. The molecule has 0 aliphatic carbocycles. The SMILES string of the molecule is CC(C)c1cccc(S(=O)(=O)c2ccccc2)c1C(C)C. The van der Waals surface area contributed by atoms with Crippen LogP contribution in [-0.2, 0) is 9.84 Å². The zero-order chi connectivity index (χ0) is 15.6. The summed E-state index contributed by atoms with van der Waals surface area (Å²) in [4.78, 5) is 0.794. The lowest BCUT2D eigenvalue weighted by Gasteiger charge is -2.20. The van der Waals surface area contributed by atoms with E-state index >= 15 is 0 Å². The summed E-state index contributed by atoms with van der Waals surface area (Å²) in [5.74, 6) is 0.463. The lowest BCUT2D eigenvalue weighted by atomic mass is 9.91. The number of sulfone groups is 1. The van der Waals surface area contributed by atoms with Gasteiger partial charge in [0.05, 0.1) is 9.79 Å². The van der Waals surface area contributed by atoms with Crippen molar-refractivity contribution in [3.05, 3.63) is 59.7 Å². The van der Waals surface area contributed by atoms with Gasteiger partial charge in [-0.15, -0.1) is 0 Å². The molecule has 0 N–H and O–H groups in total. The Balaban J connectivity index is 2.73. The Kier molecular flexibility index (Phi) is 4.52. The summed E-state index contributed by atoms with van der Waals surface area (Å²) in [5, 5.41) is 0. The normalized spacial score (nSPS) is 12.1. The van der Waals surface area contributed by atoms with Crippen molar-refractivity contribution in [3.63, 3.8) is 0 Å². The van der Waals surface area contributed by atoms with Crippen molar-refractivity contribution in [1.29, 1.82) is 0 Å². The largest absolute Gasteiger partial charge is 0.219 e. The first-order valence-electron chi connectivity index (χ1n) is 7.28. The first kappa shape index (κ1) is 15.8. The van der Waals surface area contributed by atoms with Gasteiger partial charge in [-0.25, -0.2) is 8.42 Å². The van der Waals surface area contributed by atoms with Crippen LogP contribution in [0, 0.1) is 0 Å². The molecule has 2 aromatic rings. The summed E-state index contributed by atoms with van der Waals surface area (Å²) in [6, 6.07) is 14.3. The molecule has 0 atom stereocenters. The van der Waals surface area contributed by atoms with Gasteiger partial charge in [-0.2, -0.15) is 0 Å². The van der Waals surface area contributed by atoms with E-state index in [4.69, 9.17) is 0 Å². The molecule has 21 heavy (non-hydrogen) atoms. The molecule has 0 radical (unpaired) electrons. The van der Waals surface area contributed by atoms with Crippen LogP contribution in [0.2, 0.25) is 0 Å². The van der Waals surface area contributed by atoms with Gasteiger partial charge in [0.1, 0.15) is 0 Å². The fourth-order valence-electron chi connectivity index (χ4n) is 2.64. The highest BCUT2D eigenvalue weighted by Gasteiger charge is 2.24. The van der Waals surface area contributed by atoms with Gasteiger partial charge in [0.25, 0.3) is 0 Å². The predicted molar refractivity (Wildman–Crippen MR) is 86.5 cm³/mol. The third-order valence-electron chi connectivity index (χ3n) is 3.64. The summed E-state index contributed by atoms with van der Waals surface area (Å²) in [6.45, 7) is 8.29. The van der Waals surface area contributed by atoms with Crippen molar-refractivity contribution in [2.45, 2.75) is 49.3 Å². The van der Waals surface area contributed by atoms with Crippen LogP contribution in [0.1, 0.15) is 50.7 Å². The second kappa shape index (κ2) is 6.02. The van der Waals surface area contributed by atoms with Gasteiger partial charge in [-0.1, -0.05) is 58.0 Å². The van der Waals surface area contributed by atoms with Crippen LogP contribution in [0.25, 0.3) is 0 Å². The molecule has 0 spiro atoms. The van der Waals surface area contributed by atoms with E-state index in [1.54, 1.807) is 30.3 Å². The van der Waals surface area contributed by atoms with E-state index in [2.05, 4.69) is 13.8 Å². The molecule has 0 fully saturated rings. The molecule has 0 heterocycles. The minimum Gasteiger partial charge on any atom is -0.219 e. The van der Waals surface area contributed by atoms with E-state index in [0.717, 1.165) is 11.1 Å². The third-order valence-corrected chi connectivity index (χ3v) is 5.47. The molecule has 0 bridgehead atoms. The lowest BCUT2D eigenvalue weighted by Crippen LogP contribution is -2.10. The third kappa shape index (κ3) is 3.03. The van der Waals surface area contributed by atoms with Crippen LogP contribution in [-0.4, -0.2) is 8.42 Å². The van der Waals surface area contributed by atoms with Gasteiger partial charge in [0, 0.05) is 0 Å². The molecule has 3 heteroatoms. The molecule has 0 amide bonds. The maximum Gasteiger partial charge on any atom is 0.206 e. The zero-order valence-corrected chi connectivity index (χ0v) is 13.8. The van der Waals surface area contributed by atoms with Crippen molar-refractivity contribution in [1.82, 2.24) is 0 Å².